The van der Waals surface area contributed by atoms with E-state index >= 15 is 0 Å². The number of benzene rings is 2. The third-order valence-corrected chi connectivity index (χ3v) is 6.11. The molecule has 0 heterocycles. The van der Waals surface area contributed by atoms with Crippen LogP contribution in [-0.2, 0) is 16.1 Å². The van der Waals surface area contributed by atoms with Crippen LogP contribution in [-0.4, -0.2) is 42.2 Å². The first-order valence-corrected chi connectivity index (χ1v) is 11.9. The van der Waals surface area contributed by atoms with Crippen molar-refractivity contribution in [3.63, 3.8) is 0 Å². The van der Waals surface area contributed by atoms with Crippen LogP contribution in [0.5, 0.6) is 5.75 Å². The molecule has 5 nitrogen and oxygen atoms in total. The maximum absolute atomic E-state index is 13.2. The number of methoxy groups -OCH3 is 1. The maximum Gasteiger partial charge on any atom is 0.242 e. The van der Waals surface area contributed by atoms with E-state index in [9.17, 15) is 9.59 Å². The molecule has 0 radical (unpaired) electrons. The smallest absolute Gasteiger partial charge is 0.242 e. The lowest BCUT2D eigenvalue weighted by Crippen LogP contribution is -2.49. The lowest BCUT2D eigenvalue weighted by atomic mass is 10.1. The van der Waals surface area contributed by atoms with E-state index in [-0.39, 0.29) is 17.6 Å². The van der Waals surface area contributed by atoms with Gasteiger partial charge in [-0.05, 0) is 49.6 Å². The molecule has 6 heteroatoms. The largest absolute Gasteiger partial charge is 0.497 e. The van der Waals surface area contributed by atoms with Crippen LogP contribution in [0.1, 0.15) is 44.2 Å². The highest BCUT2D eigenvalue weighted by molar-refractivity contribution is 8.00. The molecule has 0 aliphatic carbocycles. The van der Waals surface area contributed by atoms with Gasteiger partial charge in [0.25, 0.3) is 0 Å². The second-order valence-electron chi connectivity index (χ2n) is 7.54. The molecule has 2 rings (SSSR count). The zero-order chi connectivity index (χ0) is 22.6. The molecule has 2 amide bonds. The number of nitrogens with zero attached hydrogens (tertiary/aromatic N) is 1. The van der Waals surface area contributed by atoms with E-state index in [2.05, 4.69) is 12.2 Å². The summed E-state index contributed by atoms with van der Waals surface area (Å²) in [6.45, 7) is 7.10. The zero-order valence-electron chi connectivity index (χ0n) is 19.0. The molecule has 0 unspecified atom stereocenters. The number of thioether (sulfide) groups is 1. The summed E-state index contributed by atoms with van der Waals surface area (Å²) in [4.78, 5) is 28.9. The van der Waals surface area contributed by atoms with Gasteiger partial charge in [-0.25, -0.2) is 0 Å². The number of amides is 2. The van der Waals surface area contributed by atoms with Crippen molar-refractivity contribution >= 4 is 23.6 Å². The number of ether oxygens (including phenoxy) is 1. The zero-order valence-corrected chi connectivity index (χ0v) is 19.8. The second-order valence-corrected chi connectivity index (χ2v) is 8.59. The van der Waals surface area contributed by atoms with Gasteiger partial charge in [-0.1, -0.05) is 50.1 Å². The topological polar surface area (TPSA) is 58.6 Å². The summed E-state index contributed by atoms with van der Waals surface area (Å²) in [5.41, 5.74) is 2.15. The highest BCUT2D eigenvalue weighted by atomic mass is 32.2. The normalized spacial score (nSPS) is 11.6. The van der Waals surface area contributed by atoms with Crippen LogP contribution in [0.3, 0.4) is 0 Å². The molecule has 2 aromatic carbocycles. The Kier molecular flexibility index (Phi) is 10.4. The van der Waals surface area contributed by atoms with E-state index in [1.807, 2.05) is 62.4 Å². The average molecular weight is 443 g/mol. The monoisotopic (exact) mass is 442 g/mol. The van der Waals surface area contributed by atoms with Crippen molar-refractivity contribution in [2.24, 2.45) is 0 Å². The van der Waals surface area contributed by atoms with Crippen LogP contribution in [0.25, 0.3) is 0 Å². The Bertz CT molecular complexity index is 822. The van der Waals surface area contributed by atoms with E-state index in [1.54, 1.807) is 12.0 Å². The molecule has 0 saturated heterocycles. The summed E-state index contributed by atoms with van der Waals surface area (Å²) >= 11 is 1.50. The summed E-state index contributed by atoms with van der Waals surface area (Å²) in [6, 6.07) is 15.3. The number of aryl methyl sites for hydroxylation is 1. The number of hydrogen-bond donors (Lipinski definition) is 1. The van der Waals surface area contributed by atoms with Crippen molar-refractivity contribution in [1.82, 2.24) is 10.2 Å². The van der Waals surface area contributed by atoms with Gasteiger partial charge in [0.15, 0.2) is 0 Å². The molecule has 0 aromatic heterocycles. The standard InChI is InChI=1S/C25H34N2O3S/c1-5-7-16-26-25(29)23(6-2)27(17-20-10-12-21(30-4)13-11-20)24(28)18-31-22-14-8-19(3)9-15-22/h8-15,23H,5-7,16-18H2,1-4H3,(H,26,29)/t23-/m1/s1. The molecule has 0 aliphatic heterocycles. The van der Waals surface area contributed by atoms with Crippen LogP contribution in [0.15, 0.2) is 53.4 Å². The van der Waals surface area contributed by atoms with Crippen LogP contribution in [0.4, 0.5) is 0 Å². The van der Waals surface area contributed by atoms with Crippen molar-refractivity contribution in [3.05, 3.63) is 59.7 Å². The Morgan fingerprint density at radius 1 is 1.06 bits per heavy atom. The molecule has 0 fully saturated rings. The van der Waals surface area contributed by atoms with E-state index in [0.29, 0.717) is 19.5 Å². The van der Waals surface area contributed by atoms with Crippen molar-refractivity contribution in [3.8, 4) is 5.75 Å². The van der Waals surface area contributed by atoms with Gasteiger partial charge in [-0.15, -0.1) is 11.8 Å². The van der Waals surface area contributed by atoms with Gasteiger partial charge < -0.3 is 15.0 Å². The fourth-order valence-corrected chi connectivity index (χ4v) is 4.00. The van der Waals surface area contributed by atoms with Gasteiger partial charge in [0.05, 0.1) is 12.9 Å². The number of rotatable bonds is 12. The van der Waals surface area contributed by atoms with Gasteiger partial charge in [0, 0.05) is 18.0 Å². The maximum atomic E-state index is 13.2. The lowest BCUT2D eigenvalue weighted by molar-refractivity contribution is -0.139. The van der Waals surface area contributed by atoms with Crippen molar-refractivity contribution in [2.75, 3.05) is 19.4 Å². The number of nitrogens with one attached hydrogen (secondary N) is 1. The van der Waals surface area contributed by atoms with Gasteiger partial charge in [-0.3, -0.25) is 9.59 Å². The molecule has 0 saturated carbocycles. The Balaban J connectivity index is 2.16. The minimum absolute atomic E-state index is 0.0427. The fraction of sp³-hybridized carbons (Fsp3) is 0.440. The predicted octanol–water partition coefficient (Wildman–Crippen LogP) is 4.82. The van der Waals surface area contributed by atoms with E-state index < -0.39 is 6.04 Å². The third-order valence-electron chi connectivity index (χ3n) is 5.11. The summed E-state index contributed by atoms with van der Waals surface area (Å²) in [6.07, 6.45) is 2.51. The molecular formula is C25H34N2O3S. The minimum atomic E-state index is -0.495. The molecule has 0 aliphatic rings. The third kappa shape index (κ3) is 7.94. The SMILES string of the molecule is CCCCNC(=O)[C@@H](CC)N(Cc1ccc(OC)cc1)C(=O)CSc1ccc(C)cc1. The summed E-state index contributed by atoms with van der Waals surface area (Å²) in [5, 5.41) is 2.99. The quantitative estimate of drug-likeness (QED) is 0.378. The molecule has 168 valence electrons. The highest BCUT2D eigenvalue weighted by Gasteiger charge is 2.28. The minimum Gasteiger partial charge on any atom is -0.497 e. The first-order chi connectivity index (χ1) is 15.0. The Labute approximate surface area is 190 Å². The first kappa shape index (κ1) is 24.8. The molecule has 31 heavy (non-hydrogen) atoms. The fourth-order valence-electron chi connectivity index (χ4n) is 3.22. The second kappa shape index (κ2) is 13.1. The summed E-state index contributed by atoms with van der Waals surface area (Å²) < 4.78 is 5.23. The number of hydrogen-bond acceptors (Lipinski definition) is 4. The summed E-state index contributed by atoms with van der Waals surface area (Å²) in [7, 11) is 1.63. The predicted molar refractivity (Wildman–Crippen MR) is 127 cm³/mol. The number of carbonyl (C=O) groups is 2. The van der Waals surface area contributed by atoms with Gasteiger partial charge in [-0.2, -0.15) is 0 Å². The van der Waals surface area contributed by atoms with Crippen molar-refractivity contribution < 1.29 is 14.3 Å². The van der Waals surface area contributed by atoms with Crippen molar-refractivity contribution in [1.29, 1.82) is 0 Å². The Morgan fingerprint density at radius 2 is 1.74 bits per heavy atom. The van der Waals surface area contributed by atoms with E-state index in [4.69, 9.17) is 4.74 Å². The van der Waals surface area contributed by atoms with Crippen LogP contribution >= 0.6 is 11.8 Å². The van der Waals surface area contributed by atoms with E-state index in [1.165, 1.54) is 17.3 Å². The molecule has 0 bridgehead atoms. The summed E-state index contributed by atoms with van der Waals surface area (Å²) in [5.74, 6) is 0.927. The molecule has 1 atom stereocenters. The lowest BCUT2D eigenvalue weighted by Gasteiger charge is -2.30. The van der Waals surface area contributed by atoms with Crippen LogP contribution < -0.4 is 10.1 Å². The molecular weight excluding hydrogens is 408 g/mol. The highest BCUT2D eigenvalue weighted by Crippen LogP contribution is 2.21. The number of unbranched alkanes of at least 4 members (excludes halogenated alkanes) is 1. The Hall–Kier alpha value is -2.47. The van der Waals surface area contributed by atoms with Gasteiger partial charge in [0.1, 0.15) is 11.8 Å². The number of carbonyl (C=O) groups excluding carboxylic acids is 2. The van der Waals surface area contributed by atoms with Crippen LogP contribution in [0.2, 0.25) is 0 Å². The molecule has 2 aromatic rings. The molecule has 0 spiro atoms. The van der Waals surface area contributed by atoms with Gasteiger partial charge >= 0.3 is 0 Å². The Morgan fingerprint density at radius 3 is 2.32 bits per heavy atom. The molecule has 1 N–H and O–H groups in total. The van der Waals surface area contributed by atoms with E-state index in [0.717, 1.165) is 29.1 Å². The van der Waals surface area contributed by atoms with Crippen molar-refractivity contribution in [2.45, 2.75) is 57.5 Å². The first-order valence-electron chi connectivity index (χ1n) is 10.9. The average Bonchev–Trinajstić information content (AvgIpc) is 2.79. The van der Waals surface area contributed by atoms with Gasteiger partial charge in [0.2, 0.25) is 11.8 Å². The van der Waals surface area contributed by atoms with Crippen LogP contribution in [0, 0.1) is 6.92 Å².